The van der Waals surface area contributed by atoms with Gasteiger partial charge in [-0.25, -0.2) is 0 Å². The summed E-state index contributed by atoms with van der Waals surface area (Å²) in [7, 11) is 0. The first-order chi connectivity index (χ1) is 4.47. The molecular weight excluding hydrogens is 130 g/mol. The zero-order valence-electron chi connectivity index (χ0n) is 5.18. The molecule has 1 saturated heterocycles. The molecule has 1 aliphatic heterocycles. The van der Waals surface area contributed by atoms with Crippen LogP contribution in [0.3, 0.4) is 0 Å². The van der Waals surface area contributed by atoms with Crippen molar-refractivity contribution in [3.05, 3.63) is 22.6 Å². The van der Waals surface area contributed by atoms with Crippen LogP contribution < -0.4 is 4.72 Å². The van der Waals surface area contributed by atoms with Crippen LogP contribution in [0.4, 0.5) is 0 Å². The molecule has 0 amide bonds. The lowest BCUT2D eigenvalue weighted by molar-refractivity contribution is 0.990. The molecule has 0 aromatic rings. The molecule has 48 valence electrons. The average Bonchev–Trinajstić information content (AvgIpc) is 2.33. The maximum Gasteiger partial charge on any atom is 0.0321 e. The molecule has 2 rings (SSSR count). The molecular formula is C7H9NS. The largest absolute Gasteiger partial charge is 0.255 e. The normalized spacial score (nSPS) is 24.9. The number of hydrogen-bond donors (Lipinski definition) is 1. The van der Waals surface area contributed by atoms with Crippen molar-refractivity contribution < 1.29 is 0 Å². The van der Waals surface area contributed by atoms with Crippen molar-refractivity contribution in [2.75, 3.05) is 6.54 Å². The summed E-state index contributed by atoms with van der Waals surface area (Å²) < 4.78 is 3.24. The molecule has 0 saturated carbocycles. The molecule has 0 aromatic heterocycles. The van der Waals surface area contributed by atoms with Crippen molar-refractivity contribution in [1.29, 1.82) is 0 Å². The minimum absolute atomic E-state index is 1.07. The van der Waals surface area contributed by atoms with E-state index in [0.29, 0.717) is 0 Å². The van der Waals surface area contributed by atoms with Crippen LogP contribution in [0, 0.1) is 0 Å². The van der Waals surface area contributed by atoms with Gasteiger partial charge in [0.05, 0.1) is 0 Å². The third kappa shape index (κ3) is 0.926. The van der Waals surface area contributed by atoms with Gasteiger partial charge in [-0.05, 0) is 30.4 Å². The Morgan fingerprint density at radius 3 is 3.11 bits per heavy atom. The van der Waals surface area contributed by atoms with Crippen LogP contribution in [-0.4, -0.2) is 6.54 Å². The summed E-state index contributed by atoms with van der Waals surface area (Å²) >= 11 is 1.77. The van der Waals surface area contributed by atoms with Crippen LogP contribution in [0.2, 0.25) is 0 Å². The summed E-state index contributed by atoms with van der Waals surface area (Å²) in [6.45, 7) is 1.07. The zero-order valence-corrected chi connectivity index (χ0v) is 6.00. The van der Waals surface area contributed by atoms with Crippen LogP contribution in [0.15, 0.2) is 22.6 Å². The molecule has 0 atom stereocenters. The summed E-state index contributed by atoms with van der Waals surface area (Å²) in [6, 6.07) is 0. The molecule has 1 N–H and O–H groups in total. The van der Waals surface area contributed by atoms with Gasteiger partial charge in [-0.3, -0.25) is 4.72 Å². The Balaban J connectivity index is 2.30. The van der Waals surface area contributed by atoms with Crippen molar-refractivity contribution in [3.8, 4) is 0 Å². The minimum atomic E-state index is 1.07. The third-order valence-corrected chi connectivity index (χ3v) is 2.59. The lowest BCUT2D eigenvalue weighted by Crippen LogP contribution is -1.96. The van der Waals surface area contributed by atoms with Crippen molar-refractivity contribution in [1.82, 2.24) is 4.72 Å². The number of rotatable bonds is 0. The second-order valence-corrected chi connectivity index (χ2v) is 3.23. The van der Waals surface area contributed by atoms with Gasteiger partial charge in [-0.15, -0.1) is 0 Å². The van der Waals surface area contributed by atoms with Gasteiger partial charge in [0.1, 0.15) is 0 Å². The van der Waals surface area contributed by atoms with Gasteiger partial charge in [0, 0.05) is 11.4 Å². The highest BCUT2D eigenvalue weighted by Crippen LogP contribution is 2.31. The first-order valence-electron chi connectivity index (χ1n) is 3.26. The molecule has 1 heterocycles. The number of fused-ring (bicyclic) bond motifs is 1. The Labute approximate surface area is 59.3 Å². The van der Waals surface area contributed by atoms with E-state index in [2.05, 4.69) is 16.9 Å². The van der Waals surface area contributed by atoms with E-state index in [4.69, 9.17) is 0 Å². The van der Waals surface area contributed by atoms with Crippen LogP contribution >= 0.6 is 11.9 Å². The smallest absolute Gasteiger partial charge is 0.0321 e. The van der Waals surface area contributed by atoms with Gasteiger partial charge in [-0.1, -0.05) is 12.2 Å². The highest BCUT2D eigenvalue weighted by atomic mass is 32.2. The van der Waals surface area contributed by atoms with E-state index in [1.54, 1.807) is 11.9 Å². The summed E-state index contributed by atoms with van der Waals surface area (Å²) in [5.74, 6) is 0. The van der Waals surface area contributed by atoms with E-state index < -0.39 is 0 Å². The van der Waals surface area contributed by atoms with E-state index in [1.807, 2.05) is 0 Å². The summed E-state index contributed by atoms with van der Waals surface area (Å²) in [6.07, 6.45) is 7.12. The van der Waals surface area contributed by atoms with Gasteiger partial charge in [0.25, 0.3) is 0 Å². The SMILES string of the molecule is C1=C2CNSC2=CCC1. The van der Waals surface area contributed by atoms with Gasteiger partial charge >= 0.3 is 0 Å². The fourth-order valence-corrected chi connectivity index (χ4v) is 2.03. The van der Waals surface area contributed by atoms with E-state index in [0.717, 1.165) is 6.54 Å². The Bertz CT molecular complexity index is 161. The van der Waals surface area contributed by atoms with Gasteiger partial charge in [-0.2, -0.15) is 0 Å². The van der Waals surface area contributed by atoms with Crippen molar-refractivity contribution in [2.45, 2.75) is 12.8 Å². The maximum atomic E-state index is 3.24. The molecule has 1 fully saturated rings. The van der Waals surface area contributed by atoms with Gasteiger partial charge < -0.3 is 0 Å². The van der Waals surface area contributed by atoms with Crippen molar-refractivity contribution in [2.24, 2.45) is 0 Å². The third-order valence-electron chi connectivity index (χ3n) is 1.65. The molecule has 0 radical (unpaired) electrons. The first kappa shape index (κ1) is 5.57. The zero-order chi connectivity index (χ0) is 6.10. The standard InChI is InChI=1S/C7H9NS/c1-2-4-7-6(3-1)5-8-9-7/h3-4,8H,1-2,5H2. The number of nitrogens with one attached hydrogen (secondary N) is 1. The topological polar surface area (TPSA) is 12.0 Å². The van der Waals surface area contributed by atoms with Crippen LogP contribution in [0.25, 0.3) is 0 Å². The van der Waals surface area contributed by atoms with E-state index in [-0.39, 0.29) is 0 Å². The Morgan fingerprint density at radius 2 is 2.22 bits per heavy atom. The van der Waals surface area contributed by atoms with Crippen LogP contribution in [-0.2, 0) is 0 Å². The molecule has 1 nitrogen and oxygen atoms in total. The molecule has 9 heavy (non-hydrogen) atoms. The fraction of sp³-hybridized carbons (Fsp3) is 0.429. The second-order valence-electron chi connectivity index (χ2n) is 2.30. The molecule has 0 bridgehead atoms. The van der Waals surface area contributed by atoms with E-state index in [1.165, 1.54) is 23.3 Å². The highest BCUT2D eigenvalue weighted by Gasteiger charge is 2.14. The van der Waals surface area contributed by atoms with E-state index >= 15 is 0 Å². The lowest BCUT2D eigenvalue weighted by Gasteiger charge is -2.02. The van der Waals surface area contributed by atoms with Crippen molar-refractivity contribution >= 4 is 11.9 Å². The summed E-state index contributed by atoms with van der Waals surface area (Å²) in [4.78, 5) is 1.46. The van der Waals surface area contributed by atoms with Crippen LogP contribution in [0.5, 0.6) is 0 Å². The Morgan fingerprint density at radius 1 is 1.33 bits per heavy atom. The second kappa shape index (κ2) is 2.20. The predicted molar refractivity (Wildman–Crippen MR) is 41.0 cm³/mol. The molecule has 0 aromatic carbocycles. The molecule has 0 spiro atoms. The maximum absolute atomic E-state index is 3.24. The fourth-order valence-electron chi connectivity index (χ4n) is 1.16. The average molecular weight is 139 g/mol. The minimum Gasteiger partial charge on any atom is -0.255 e. The monoisotopic (exact) mass is 139 g/mol. The highest BCUT2D eigenvalue weighted by molar-refractivity contribution is 8.01. The molecule has 2 aliphatic rings. The predicted octanol–water partition coefficient (Wildman–Crippen LogP) is 1.84. The molecule has 2 heteroatoms. The molecule has 0 unspecified atom stereocenters. The molecule has 1 aliphatic carbocycles. The lowest BCUT2D eigenvalue weighted by atomic mass is 10.1. The summed E-state index contributed by atoms with van der Waals surface area (Å²) in [5, 5.41) is 0. The van der Waals surface area contributed by atoms with Gasteiger partial charge in [0.2, 0.25) is 0 Å². The van der Waals surface area contributed by atoms with E-state index in [9.17, 15) is 0 Å². The number of hydrogen-bond acceptors (Lipinski definition) is 2. The quantitative estimate of drug-likeness (QED) is 0.514. The Hall–Kier alpha value is -0.210. The van der Waals surface area contributed by atoms with Gasteiger partial charge in [0.15, 0.2) is 0 Å². The van der Waals surface area contributed by atoms with Crippen LogP contribution in [0.1, 0.15) is 12.8 Å². The Kier molecular flexibility index (Phi) is 1.36. The van der Waals surface area contributed by atoms with Crippen molar-refractivity contribution in [3.63, 3.8) is 0 Å². The summed E-state index contributed by atoms with van der Waals surface area (Å²) in [5.41, 5.74) is 1.51. The first-order valence-corrected chi connectivity index (χ1v) is 4.08. The number of allylic oxidation sites excluding steroid dienone is 2.